The van der Waals surface area contributed by atoms with Crippen LogP contribution in [0.4, 0.5) is 0 Å². The summed E-state index contributed by atoms with van der Waals surface area (Å²) in [5.41, 5.74) is 0. The van der Waals surface area contributed by atoms with Crippen LogP contribution in [0.1, 0.15) is 39.0 Å². The molecule has 1 saturated heterocycles. The van der Waals surface area contributed by atoms with Crippen LogP contribution in [-0.2, 0) is 4.79 Å². The summed E-state index contributed by atoms with van der Waals surface area (Å²) >= 11 is 0. The molecule has 1 heterocycles. The molecule has 4 nitrogen and oxygen atoms in total. The Balaban J connectivity index is 2.08. The third kappa shape index (κ3) is 5.47. The summed E-state index contributed by atoms with van der Waals surface area (Å²) < 4.78 is 0. The third-order valence-corrected chi connectivity index (χ3v) is 2.95. The molecule has 0 saturated carbocycles. The van der Waals surface area contributed by atoms with Gasteiger partial charge in [0, 0.05) is 13.1 Å². The molecule has 1 amide bonds. The highest BCUT2D eigenvalue weighted by Gasteiger charge is 2.19. The Morgan fingerprint density at radius 3 is 3.00 bits per heavy atom. The predicted molar refractivity (Wildman–Crippen MR) is 64.2 cm³/mol. The van der Waals surface area contributed by atoms with Gasteiger partial charge in [-0.1, -0.05) is 19.8 Å². The van der Waals surface area contributed by atoms with Gasteiger partial charge in [-0.2, -0.15) is 0 Å². The number of hydrogen-bond donors (Lipinski definition) is 2. The van der Waals surface area contributed by atoms with Gasteiger partial charge in [0.15, 0.2) is 0 Å². The molecule has 94 valence electrons. The first kappa shape index (κ1) is 13.5. The number of carbonyl (C=O) groups excluding carboxylic acids is 1. The van der Waals surface area contributed by atoms with Crippen molar-refractivity contribution in [2.24, 2.45) is 0 Å². The maximum atomic E-state index is 11.5. The maximum Gasteiger partial charge on any atom is 0.234 e. The van der Waals surface area contributed by atoms with E-state index in [0.29, 0.717) is 13.1 Å². The van der Waals surface area contributed by atoms with E-state index in [1.807, 2.05) is 4.90 Å². The number of unbranched alkanes of at least 4 members (excludes halogenated alkanes) is 2. The van der Waals surface area contributed by atoms with E-state index < -0.39 is 0 Å². The average molecular weight is 228 g/mol. The minimum absolute atomic E-state index is 0.0882. The van der Waals surface area contributed by atoms with Gasteiger partial charge in [-0.3, -0.25) is 9.69 Å². The van der Waals surface area contributed by atoms with Gasteiger partial charge < -0.3 is 10.4 Å². The number of hydrogen-bond acceptors (Lipinski definition) is 3. The van der Waals surface area contributed by atoms with Crippen molar-refractivity contribution in [1.29, 1.82) is 0 Å². The number of rotatable bonds is 6. The lowest BCUT2D eigenvalue weighted by Crippen LogP contribution is -2.44. The molecule has 0 aromatic rings. The molecule has 0 aromatic carbocycles. The van der Waals surface area contributed by atoms with E-state index in [-0.39, 0.29) is 12.0 Å². The number of nitrogens with zero attached hydrogens (tertiary/aromatic N) is 1. The number of aliphatic hydroxyl groups excluding tert-OH is 1. The fourth-order valence-corrected chi connectivity index (χ4v) is 2.04. The second-order valence-corrected chi connectivity index (χ2v) is 4.59. The van der Waals surface area contributed by atoms with Crippen molar-refractivity contribution in [2.45, 2.75) is 45.1 Å². The molecule has 1 rings (SSSR count). The van der Waals surface area contributed by atoms with Gasteiger partial charge in [0.2, 0.25) is 5.91 Å². The molecule has 0 radical (unpaired) electrons. The molecule has 1 fully saturated rings. The van der Waals surface area contributed by atoms with Crippen molar-refractivity contribution in [3.05, 3.63) is 0 Å². The maximum absolute atomic E-state index is 11.5. The van der Waals surface area contributed by atoms with E-state index >= 15 is 0 Å². The fourth-order valence-electron chi connectivity index (χ4n) is 2.04. The first-order valence-electron chi connectivity index (χ1n) is 6.39. The Morgan fingerprint density at radius 1 is 1.50 bits per heavy atom. The fraction of sp³-hybridized carbons (Fsp3) is 0.917. The number of piperidine rings is 1. The van der Waals surface area contributed by atoms with E-state index in [1.54, 1.807) is 0 Å². The second-order valence-electron chi connectivity index (χ2n) is 4.59. The van der Waals surface area contributed by atoms with Gasteiger partial charge in [-0.25, -0.2) is 0 Å². The van der Waals surface area contributed by atoms with Crippen molar-refractivity contribution in [1.82, 2.24) is 10.2 Å². The van der Waals surface area contributed by atoms with E-state index in [9.17, 15) is 9.90 Å². The van der Waals surface area contributed by atoms with Gasteiger partial charge >= 0.3 is 0 Å². The summed E-state index contributed by atoms with van der Waals surface area (Å²) in [6.45, 7) is 4.94. The Kier molecular flexibility index (Phi) is 6.42. The predicted octanol–water partition coefficient (Wildman–Crippen LogP) is 0.749. The molecule has 0 spiro atoms. The quantitative estimate of drug-likeness (QED) is 0.660. The first-order chi connectivity index (χ1) is 7.72. The number of nitrogens with one attached hydrogen (secondary N) is 1. The van der Waals surface area contributed by atoms with Gasteiger partial charge in [0.25, 0.3) is 0 Å². The highest BCUT2D eigenvalue weighted by molar-refractivity contribution is 5.77. The lowest BCUT2D eigenvalue weighted by atomic mass is 10.1. The van der Waals surface area contributed by atoms with Crippen LogP contribution in [0, 0.1) is 0 Å². The molecule has 1 unspecified atom stereocenters. The average Bonchev–Trinajstić information content (AvgIpc) is 2.24. The number of amides is 1. The highest BCUT2D eigenvalue weighted by Crippen LogP contribution is 2.08. The number of likely N-dealkylation sites (tertiary alicyclic amines) is 1. The summed E-state index contributed by atoms with van der Waals surface area (Å²) in [5, 5.41) is 12.4. The molecular weight excluding hydrogens is 204 g/mol. The van der Waals surface area contributed by atoms with Gasteiger partial charge in [0.1, 0.15) is 0 Å². The van der Waals surface area contributed by atoms with Crippen molar-refractivity contribution >= 4 is 5.91 Å². The van der Waals surface area contributed by atoms with Crippen molar-refractivity contribution in [3.63, 3.8) is 0 Å². The molecule has 0 aromatic heterocycles. The number of β-amino-alcohol motifs (C(OH)–C–C–N with tert-alkyl or cyclic N) is 1. The minimum Gasteiger partial charge on any atom is -0.392 e. The van der Waals surface area contributed by atoms with Crippen molar-refractivity contribution in [2.75, 3.05) is 26.2 Å². The van der Waals surface area contributed by atoms with Crippen LogP contribution in [0.3, 0.4) is 0 Å². The lowest BCUT2D eigenvalue weighted by Gasteiger charge is -2.29. The molecule has 0 aliphatic carbocycles. The van der Waals surface area contributed by atoms with E-state index in [4.69, 9.17) is 0 Å². The second kappa shape index (κ2) is 7.63. The standard InChI is InChI=1S/C12H24N2O2/c1-2-3-4-7-13-12(16)10-14-8-5-6-11(15)9-14/h11,15H,2-10H2,1H3,(H,13,16). The van der Waals surface area contributed by atoms with Gasteiger partial charge in [-0.15, -0.1) is 0 Å². The number of aliphatic hydroxyl groups is 1. The van der Waals surface area contributed by atoms with Crippen LogP contribution < -0.4 is 5.32 Å². The SMILES string of the molecule is CCCCCNC(=O)CN1CCCC(O)C1. The van der Waals surface area contributed by atoms with Crippen LogP contribution in [0.5, 0.6) is 0 Å². The zero-order valence-corrected chi connectivity index (χ0v) is 10.2. The summed E-state index contributed by atoms with van der Waals surface area (Å²) in [6.07, 6.45) is 5.02. The molecule has 0 bridgehead atoms. The van der Waals surface area contributed by atoms with Crippen molar-refractivity contribution in [3.8, 4) is 0 Å². The van der Waals surface area contributed by atoms with Crippen LogP contribution in [0.25, 0.3) is 0 Å². The van der Waals surface area contributed by atoms with E-state index in [2.05, 4.69) is 12.2 Å². The van der Waals surface area contributed by atoms with E-state index in [1.165, 1.54) is 12.8 Å². The van der Waals surface area contributed by atoms with Crippen molar-refractivity contribution < 1.29 is 9.90 Å². The van der Waals surface area contributed by atoms with Gasteiger partial charge in [-0.05, 0) is 25.8 Å². The largest absolute Gasteiger partial charge is 0.392 e. The van der Waals surface area contributed by atoms with Crippen LogP contribution in [0.15, 0.2) is 0 Å². The van der Waals surface area contributed by atoms with Gasteiger partial charge in [0.05, 0.1) is 12.6 Å². The summed E-state index contributed by atoms with van der Waals surface area (Å²) in [7, 11) is 0. The summed E-state index contributed by atoms with van der Waals surface area (Å²) in [5.74, 6) is 0.0882. The van der Waals surface area contributed by atoms with Crippen LogP contribution in [-0.4, -0.2) is 48.2 Å². The molecule has 2 N–H and O–H groups in total. The summed E-state index contributed by atoms with van der Waals surface area (Å²) in [6, 6.07) is 0. The molecule has 1 aliphatic rings. The Bertz CT molecular complexity index is 209. The zero-order chi connectivity index (χ0) is 11.8. The normalized spacial score (nSPS) is 22.0. The smallest absolute Gasteiger partial charge is 0.234 e. The third-order valence-electron chi connectivity index (χ3n) is 2.95. The summed E-state index contributed by atoms with van der Waals surface area (Å²) in [4.78, 5) is 13.6. The molecule has 1 atom stereocenters. The molecule has 1 aliphatic heterocycles. The molecular formula is C12H24N2O2. The molecule has 4 heteroatoms. The Morgan fingerprint density at radius 2 is 2.31 bits per heavy atom. The number of carbonyl (C=O) groups is 1. The molecule has 16 heavy (non-hydrogen) atoms. The first-order valence-corrected chi connectivity index (χ1v) is 6.39. The Hall–Kier alpha value is -0.610. The van der Waals surface area contributed by atoms with Crippen LogP contribution >= 0.6 is 0 Å². The Labute approximate surface area is 98.0 Å². The monoisotopic (exact) mass is 228 g/mol. The minimum atomic E-state index is -0.248. The lowest BCUT2D eigenvalue weighted by molar-refractivity contribution is -0.122. The topological polar surface area (TPSA) is 52.6 Å². The van der Waals surface area contributed by atoms with Crippen LogP contribution in [0.2, 0.25) is 0 Å². The highest BCUT2D eigenvalue weighted by atomic mass is 16.3. The van der Waals surface area contributed by atoms with E-state index in [0.717, 1.165) is 32.4 Å². The zero-order valence-electron chi connectivity index (χ0n) is 10.2.